The molecular formula is C20H17N7. The first-order valence-corrected chi connectivity index (χ1v) is 8.63. The fourth-order valence-electron chi connectivity index (χ4n) is 3.17. The summed E-state index contributed by atoms with van der Waals surface area (Å²) in [5.74, 6) is 0.763. The number of aromatic amines is 2. The summed E-state index contributed by atoms with van der Waals surface area (Å²) in [6.45, 7) is 2.05. The summed E-state index contributed by atoms with van der Waals surface area (Å²) in [5.41, 5.74) is 7.09. The first-order chi connectivity index (χ1) is 13.3. The van der Waals surface area contributed by atoms with Gasteiger partial charge in [-0.3, -0.25) is 5.10 Å². The van der Waals surface area contributed by atoms with Gasteiger partial charge in [0, 0.05) is 29.7 Å². The summed E-state index contributed by atoms with van der Waals surface area (Å²) in [6, 6.07) is 16.1. The number of hydrogen-bond acceptors (Lipinski definition) is 4. The summed E-state index contributed by atoms with van der Waals surface area (Å²) >= 11 is 0. The van der Waals surface area contributed by atoms with Crippen LogP contribution in [-0.2, 0) is 0 Å². The molecule has 0 spiro atoms. The van der Waals surface area contributed by atoms with Gasteiger partial charge in [-0.15, -0.1) is 0 Å². The molecule has 0 aliphatic heterocycles. The van der Waals surface area contributed by atoms with Crippen LogP contribution >= 0.6 is 0 Å². The Kier molecular flexibility index (Phi) is 3.50. The molecule has 0 saturated carbocycles. The standard InChI is InChI=1S/C20H17N7/c1-13-16(7-8-17-20(13)22-12-21-17)24-19-11-18(25-26-19)14-3-5-15(6-4-14)27-10-2-9-23-27/h2-12H,1H3,(H,21,22)(H2,24,25,26). The Morgan fingerprint density at radius 2 is 1.96 bits per heavy atom. The van der Waals surface area contributed by atoms with Crippen LogP contribution in [0.3, 0.4) is 0 Å². The van der Waals surface area contributed by atoms with Crippen LogP contribution in [0.25, 0.3) is 28.0 Å². The van der Waals surface area contributed by atoms with E-state index < -0.39 is 0 Å². The highest BCUT2D eigenvalue weighted by atomic mass is 15.3. The monoisotopic (exact) mass is 355 g/mol. The van der Waals surface area contributed by atoms with Gasteiger partial charge in [-0.1, -0.05) is 12.1 Å². The second-order valence-corrected chi connectivity index (χ2v) is 6.33. The Morgan fingerprint density at radius 3 is 2.78 bits per heavy atom. The average molecular weight is 355 g/mol. The van der Waals surface area contributed by atoms with Crippen molar-refractivity contribution in [3.63, 3.8) is 0 Å². The minimum absolute atomic E-state index is 0.763. The predicted molar refractivity (Wildman–Crippen MR) is 105 cm³/mol. The van der Waals surface area contributed by atoms with Crippen molar-refractivity contribution in [2.45, 2.75) is 6.92 Å². The molecule has 0 aliphatic rings. The quantitative estimate of drug-likeness (QED) is 0.451. The highest BCUT2D eigenvalue weighted by molar-refractivity contribution is 5.85. The van der Waals surface area contributed by atoms with E-state index in [-0.39, 0.29) is 0 Å². The Hall–Kier alpha value is -3.87. The minimum atomic E-state index is 0.763. The number of hydrogen-bond donors (Lipinski definition) is 3. The lowest BCUT2D eigenvalue weighted by molar-refractivity contribution is 0.880. The van der Waals surface area contributed by atoms with E-state index in [0.29, 0.717) is 0 Å². The molecule has 27 heavy (non-hydrogen) atoms. The SMILES string of the molecule is Cc1c(Nc2cc(-c3ccc(-n4cccn4)cc3)[nH]n2)ccc2[nH]cnc12. The van der Waals surface area contributed by atoms with Crippen LogP contribution in [0.4, 0.5) is 11.5 Å². The minimum Gasteiger partial charge on any atom is -0.345 e. The van der Waals surface area contributed by atoms with Gasteiger partial charge in [0.05, 0.1) is 28.7 Å². The molecule has 0 radical (unpaired) electrons. The van der Waals surface area contributed by atoms with Gasteiger partial charge in [-0.05, 0) is 42.8 Å². The molecule has 0 fully saturated rings. The number of imidazole rings is 1. The van der Waals surface area contributed by atoms with Crippen molar-refractivity contribution in [2.24, 2.45) is 0 Å². The van der Waals surface area contributed by atoms with Crippen LogP contribution in [0.15, 0.2) is 67.3 Å². The van der Waals surface area contributed by atoms with Crippen molar-refractivity contribution in [3.8, 4) is 16.9 Å². The maximum absolute atomic E-state index is 4.39. The molecular weight excluding hydrogens is 338 g/mol. The molecule has 7 nitrogen and oxygen atoms in total. The molecule has 3 N–H and O–H groups in total. The Balaban J connectivity index is 1.40. The lowest BCUT2D eigenvalue weighted by atomic mass is 10.1. The maximum Gasteiger partial charge on any atom is 0.152 e. The van der Waals surface area contributed by atoms with Gasteiger partial charge in [0.25, 0.3) is 0 Å². The number of aromatic nitrogens is 6. The fourth-order valence-corrected chi connectivity index (χ4v) is 3.17. The lowest BCUT2D eigenvalue weighted by Gasteiger charge is -2.07. The molecule has 5 aromatic rings. The smallest absolute Gasteiger partial charge is 0.152 e. The number of benzene rings is 2. The van der Waals surface area contributed by atoms with E-state index in [1.54, 1.807) is 12.5 Å². The van der Waals surface area contributed by atoms with Crippen LogP contribution in [0.5, 0.6) is 0 Å². The number of aryl methyl sites for hydroxylation is 1. The lowest BCUT2D eigenvalue weighted by Crippen LogP contribution is -1.94. The summed E-state index contributed by atoms with van der Waals surface area (Å²) in [5, 5.41) is 15.1. The summed E-state index contributed by atoms with van der Waals surface area (Å²) in [4.78, 5) is 7.50. The highest BCUT2D eigenvalue weighted by Crippen LogP contribution is 2.27. The summed E-state index contributed by atoms with van der Waals surface area (Å²) < 4.78 is 1.83. The van der Waals surface area contributed by atoms with Crippen LogP contribution < -0.4 is 5.32 Å². The number of H-pyrrole nitrogens is 2. The van der Waals surface area contributed by atoms with Crippen LogP contribution in [0.1, 0.15) is 5.56 Å². The van der Waals surface area contributed by atoms with E-state index in [9.17, 15) is 0 Å². The molecule has 0 saturated heterocycles. The molecule has 0 bridgehead atoms. The maximum atomic E-state index is 4.39. The summed E-state index contributed by atoms with van der Waals surface area (Å²) in [6.07, 6.45) is 5.40. The Labute approximate surface area is 155 Å². The number of nitrogens with zero attached hydrogens (tertiary/aromatic N) is 4. The molecule has 0 unspecified atom stereocenters. The van der Waals surface area contributed by atoms with E-state index in [4.69, 9.17) is 0 Å². The molecule has 0 amide bonds. The predicted octanol–water partition coefficient (Wildman–Crippen LogP) is 4.19. The molecule has 0 atom stereocenters. The molecule has 7 heteroatoms. The number of rotatable bonds is 4. The van der Waals surface area contributed by atoms with E-state index >= 15 is 0 Å². The third-order valence-corrected chi connectivity index (χ3v) is 4.63. The van der Waals surface area contributed by atoms with Gasteiger partial charge >= 0.3 is 0 Å². The fraction of sp³-hybridized carbons (Fsp3) is 0.0500. The van der Waals surface area contributed by atoms with Gasteiger partial charge in [0.2, 0.25) is 0 Å². The van der Waals surface area contributed by atoms with Gasteiger partial charge < -0.3 is 10.3 Å². The van der Waals surface area contributed by atoms with E-state index in [0.717, 1.165) is 45.0 Å². The number of fused-ring (bicyclic) bond motifs is 1. The molecule has 0 aliphatic carbocycles. The zero-order valence-electron chi connectivity index (χ0n) is 14.6. The van der Waals surface area contributed by atoms with Gasteiger partial charge in [-0.25, -0.2) is 9.67 Å². The second-order valence-electron chi connectivity index (χ2n) is 6.33. The first-order valence-electron chi connectivity index (χ1n) is 8.63. The van der Waals surface area contributed by atoms with E-state index in [1.165, 1.54) is 0 Å². The molecule has 132 valence electrons. The van der Waals surface area contributed by atoms with Crippen LogP contribution in [-0.4, -0.2) is 29.9 Å². The molecule has 3 heterocycles. The Bertz CT molecular complexity index is 1200. The average Bonchev–Trinajstić information content (AvgIpc) is 3.46. The first kappa shape index (κ1) is 15.4. The van der Waals surface area contributed by atoms with E-state index in [2.05, 4.69) is 42.7 Å². The molecule has 3 aromatic heterocycles. The second kappa shape index (κ2) is 6.14. The molecule has 5 rings (SSSR count). The van der Waals surface area contributed by atoms with Crippen LogP contribution in [0, 0.1) is 6.92 Å². The number of nitrogens with one attached hydrogen (secondary N) is 3. The Morgan fingerprint density at radius 1 is 1.07 bits per heavy atom. The highest BCUT2D eigenvalue weighted by Gasteiger charge is 2.09. The van der Waals surface area contributed by atoms with E-state index in [1.807, 2.05) is 54.2 Å². The van der Waals surface area contributed by atoms with Crippen LogP contribution in [0.2, 0.25) is 0 Å². The number of anilines is 2. The van der Waals surface area contributed by atoms with Crippen molar-refractivity contribution in [3.05, 3.63) is 72.8 Å². The zero-order chi connectivity index (χ0) is 18.2. The van der Waals surface area contributed by atoms with Crippen molar-refractivity contribution < 1.29 is 0 Å². The topological polar surface area (TPSA) is 87.2 Å². The summed E-state index contributed by atoms with van der Waals surface area (Å²) in [7, 11) is 0. The van der Waals surface area contributed by atoms with Crippen molar-refractivity contribution >= 4 is 22.5 Å². The van der Waals surface area contributed by atoms with Crippen molar-refractivity contribution in [1.29, 1.82) is 0 Å². The van der Waals surface area contributed by atoms with Crippen molar-refractivity contribution in [1.82, 2.24) is 29.9 Å². The zero-order valence-corrected chi connectivity index (χ0v) is 14.6. The largest absolute Gasteiger partial charge is 0.345 e. The molecule has 2 aromatic carbocycles. The normalized spacial score (nSPS) is 11.1. The van der Waals surface area contributed by atoms with Crippen molar-refractivity contribution in [2.75, 3.05) is 5.32 Å². The van der Waals surface area contributed by atoms with Gasteiger partial charge in [-0.2, -0.15) is 10.2 Å². The van der Waals surface area contributed by atoms with Gasteiger partial charge in [0.1, 0.15) is 0 Å². The van der Waals surface area contributed by atoms with Gasteiger partial charge in [0.15, 0.2) is 5.82 Å². The third-order valence-electron chi connectivity index (χ3n) is 4.63. The third kappa shape index (κ3) is 2.75.